The van der Waals surface area contributed by atoms with Crippen LogP contribution in [0.1, 0.15) is 27.2 Å². The van der Waals surface area contributed by atoms with Crippen molar-refractivity contribution in [2.75, 3.05) is 13.1 Å². The molecule has 82 valence electrons. The summed E-state index contributed by atoms with van der Waals surface area (Å²) >= 11 is 6.95. The van der Waals surface area contributed by atoms with Crippen LogP contribution in [-0.2, 0) is 0 Å². The molecular weight excluding hydrogens is 522 g/mol. The number of nitrogens with zero attached hydrogens (tertiary/aromatic N) is 1. The summed E-state index contributed by atoms with van der Waals surface area (Å²) in [6.45, 7) is 4.87. The van der Waals surface area contributed by atoms with Crippen molar-refractivity contribution in [3.63, 3.8) is 0 Å². The van der Waals surface area contributed by atoms with Crippen LogP contribution in [0.4, 0.5) is 0 Å². The molecule has 0 bridgehead atoms. The van der Waals surface area contributed by atoms with Crippen LogP contribution in [0.3, 0.4) is 0 Å². The second-order valence-corrected chi connectivity index (χ2v) is 14.6. The van der Waals surface area contributed by atoms with Crippen molar-refractivity contribution < 1.29 is 0 Å². The first-order valence-corrected chi connectivity index (χ1v) is 8.19. The highest BCUT2D eigenvalue weighted by atomic mass is 127. The highest BCUT2D eigenvalue weighted by molar-refractivity contribution is 14.3. The third-order valence-corrected chi connectivity index (χ3v) is 2.33. The number of piperidine rings is 1. The van der Waals surface area contributed by atoms with Crippen LogP contribution in [0.25, 0.3) is 0 Å². The molecule has 0 aromatic heterocycles. The minimum Gasteiger partial charge on any atom is -0.287 e. The minimum absolute atomic E-state index is 0. The van der Waals surface area contributed by atoms with E-state index in [0.717, 1.165) is 5.86 Å². The van der Waals surface area contributed by atoms with E-state index in [9.17, 15) is 0 Å². The summed E-state index contributed by atoms with van der Waals surface area (Å²) < 4.78 is 3.06. The molecule has 1 heterocycles. The van der Waals surface area contributed by atoms with Gasteiger partial charge in [-0.1, -0.05) is 91.5 Å². The largest absolute Gasteiger partial charge is 0.287 e. The van der Waals surface area contributed by atoms with Gasteiger partial charge < -0.3 is 0 Å². The second-order valence-electron chi connectivity index (χ2n) is 2.97. The molecule has 1 atom stereocenters. The van der Waals surface area contributed by atoms with Crippen LogP contribution in [0.2, 0.25) is 0 Å². The van der Waals surface area contributed by atoms with Gasteiger partial charge in [0.25, 0.3) is 0 Å². The van der Waals surface area contributed by atoms with Gasteiger partial charge >= 0.3 is 0 Å². The van der Waals surface area contributed by atoms with Gasteiger partial charge in [-0.2, -0.15) is 0 Å². The van der Waals surface area contributed by atoms with Crippen molar-refractivity contribution in [3.05, 3.63) is 0 Å². The smallest absolute Gasteiger partial charge is 0.114 e. The van der Waals surface area contributed by atoms with Crippen LogP contribution in [-0.4, -0.2) is 17.7 Å². The topological polar surface area (TPSA) is 3.24 Å². The van der Waals surface area contributed by atoms with Gasteiger partial charge in [-0.15, -0.1) is 0 Å². The molecule has 1 rings (SSSR count). The standard InChI is InChI=1S/C6H14NP.CHI3.CH4/c1-6-2-4-7(8)5-3-6;2-1(3)4;/h6H,2-5,8H2,1H3;1H;1H4. The lowest BCUT2D eigenvalue weighted by molar-refractivity contribution is 0.307. The zero-order valence-corrected chi connectivity index (χ0v) is 14.8. The van der Waals surface area contributed by atoms with Crippen molar-refractivity contribution in [2.45, 2.75) is 27.1 Å². The van der Waals surface area contributed by atoms with Crippen LogP contribution >= 0.6 is 77.2 Å². The van der Waals surface area contributed by atoms with Gasteiger partial charge in [0.05, 0.1) is 0 Å². The predicted octanol–water partition coefficient (Wildman–Crippen LogP) is 4.72. The summed E-state index contributed by atoms with van der Waals surface area (Å²) in [5, 5.41) is 0. The van der Waals surface area contributed by atoms with Crippen molar-refractivity contribution in [1.29, 1.82) is 0 Å². The lowest BCUT2D eigenvalue weighted by Gasteiger charge is -2.25. The van der Waals surface area contributed by atoms with E-state index in [1.165, 1.54) is 25.9 Å². The van der Waals surface area contributed by atoms with Crippen molar-refractivity contribution in [3.8, 4) is 0 Å². The molecule has 0 aromatic carbocycles. The lowest BCUT2D eigenvalue weighted by atomic mass is 10.0. The molecule has 13 heavy (non-hydrogen) atoms. The molecule has 5 heteroatoms. The highest BCUT2D eigenvalue weighted by Gasteiger charge is 2.10. The Balaban J connectivity index is 0. The predicted molar refractivity (Wildman–Crippen MR) is 92.3 cm³/mol. The fourth-order valence-electron chi connectivity index (χ4n) is 1.03. The van der Waals surface area contributed by atoms with Gasteiger partial charge in [0.1, 0.15) is -0.0619 Å². The molecule has 0 spiro atoms. The maximum Gasteiger partial charge on any atom is 0.114 e. The zero-order valence-electron chi connectivity index (χ0n) is 7.14. The fraction of sp³-hybridized carbons (Fsp3) is 1.00. The van der Waals surface area contributed by atoms with Gasteiger partial charge in [-0.25, -0.2) is 0 Å². The molecule has 0 aromatic rings. The van der Waals surface area contributed by atoms with E-state index in [1.54, 1.807) is 0 Å². The second kappa shape index (κ2) is 11.1. The number of alkyl halides is 3. The van der Waals surface area contributed by atoms with Crippen molar-refractivity contribution in [2.24, 2.45) is 5.92 Å². The molecule has 1 unspecified atom stereocenters. The first kappa shape index (κ1) is 18.0. The fourth-order valence-corrected chi connectivity index (χ4v) is 1.33. The quantitative estimate of drug-likeness (QED) is 0.244. The van der Waals surface area contributed by atoms with Crippen LogP contribution in [0.15, 0.2) is 0 Å². The average molecular weight is 541 g/mol. The summed E-state index contributed by atoms with van der Waals surface area (Å²) in [6, 6.07) is 0. The number of hydrogen-bond donors (Lipinski definition) is 0. The number of halogens is 3. The van der Waals surface area contributed by atoms with Crippen LogP contribution in [0, 0.1) is 5.92 Å². The maximum absolute atomic E-state index is 2.76. The first-order valence-electron chi connectivity index (χ1n) is 3.94. The molecule has 1 aliphatic rings. The highest BCUT2D eigenvalue weighted by Crippen LogP contribution is 2.17. The maximum atomic E-state index is 2.76. The minimum atomic E-state index is 0. The molecule has 1 saturated heterocycles. The molecule has 1 nitrogen and oxygen atoms in total. The van der Waals surface area contributed by atoms with Crippen LogP contribution in [0.5, 0.6) is 0 Å². The Kier molecular flexibility index (Phi) is 15.3. The van der Waals surface area contributed by atoms with Crippen molar-refractivity contribution >= 4 is 77.2 Å². The Labute approximate surface area is 126 Å². The third-order valence-electron chi connectivity index (χ3n) is 1.82. The Bertz CT molecular complexity index is 92.8. The summed E-state index contributed by atoms with van der Waals surface area (Å²) in [6.07, 6.45) is 2.76. The van der Waals surface area contributed by atoms with E-state index < -0.39 is 0 Å². The van der Waals surface area contributed by atoms with E-state index in [4.69, 9.17) is 0 Å². The summed E-state index contributed by atoms with van der Waals surface area (Å²) in [5.74, 6) is 0.965. The first-order chi connectivity index (χ1) is 5.52. The molecule has 0 radical (unpaired) electrons. The normalized spacial score (nSPS) is 18.9. The van der Waals surface area contributed by atoms with Gasteiger partial charge in [0, 0.05) is 13.1 Å². The van der Waals surface area contributed by atoms with E-state index in [2.05, 4.69) is 88.8 Å². The zero-order chi connectivity index (χ0) is 9.56. The molecule has 0 N–H and O–H groups in total. The Morgan fingerprint density at radius 3 is 1.77 bits per heavy atom. The molecule has 0 amide bonds. The lowest BCUT2D eigenvalue weighted by Crippen LogP contribution is -2.24. The Morgan fingerprint density at radius 2 is 1.54 bits per heavy atom. The third kappa shape index (κ3) is 14.6. The van der Waals surface area contributed by atoms with Gasteiger partial charge in [-0.05, 0) is 18.8 Å². The number of rotatable bonds is 0. The molecule has 1 aliphatic heterocycles. The van der Waals surface area contributed by atoms with Crippen molar-refractivity contribution in [1.82, 2.24) is 4.67 Å². The molecule has 0 aliphatic carbocycles. The summed E-state index contributed by atoms with van der Waals surface area (Å²) in [5.41, 5.74) is 0. The summed E-state index contributed by atoms with van der Waals surface area (Å²) in [4.78, 5) is 0. The Hall–Kier alpha value is 2.58. The summed E-state index contributed by atoms with van der Waals surface area (Å²) in [7, 11) is 2.76. The van der Waals surface area contributed by atoms with Crippen LogP contribution < -0.4 is 0 Å². The van der Waals surface area contributed by atoms with E-state index in [0.29, 0.717) is 0 Å². The SMILES string of the molecule is C.CC1CCN(P)CC1.IC(I)I. The van der Waals surface area contributed by atoms with Gasteiger partial charge in [0.2, 0.25) is 0 Å². The van der Waals surface area contributed by atoms with E-state index >= 15 is 0 Å². The van der Waals surface area contributed by atoms with Gasteiger partial charge in [-0.3, -0.25) is 4.67 Å². The average Bonchev–Trinajstić information content (AvgIpc) is 1.94. The molecule has 1 fully saturated rings. The van der Waals surface area contributed by atoms with E-state index in [1.807, 2.05) is 0 Å². The molecular formula is C8H19I3NP. The number of hydrogen-bond acceptors (Lipinski definition) is 1. The Morgan fingerprint density at radius 1 is 1.23 bits per heavy atom. The van der Waals surface area contributed by atoms with Gasteiger partial charge in [0.15, 0.2) is 0 Å². The van der Waals surface area contributed by atoms with E-state index in [-0.39, 0.29) is 7.43 Å². The monoisotopic (exact) mass is 541 g/mol. The molecule has 0 saturated carbocycles.